The Bertz CT molecular complexity index is 1200. The molecule has 174 valence electrons. The molecule has 0 aliphatic carbocycles. The first-order valence-corrected chi connectivity index (χ1v) is 10.7. The molecule has 13 nitrogen and oxygen atoms in total. The molecule has 0 bridgehead atoms. The number of benzene rings is 2. The third-order valence-corrected chi connectivity index (χ3v) is 5.71. The van der Waals surface area contributed by atoms with Gasteiger partial charge in [0.25, 0.3) is 5.91 Å². The van der Waals surface area contributed by atoms with Crippen LogP contribution >= 0.6 is 0 Å². The summed E-state index contributed by atoms with van der Waals surface area (Å²) in [6, 6.07) is 7.69. The van der Waals surface area contributed by atoms with E-state index in [0.29, 0.717) is 5.56 Å². The van der Waals surface area contributed by atoms with Crippen molar-refractivity contribution in [1.82, 2.24) is 10.0 Å². The quantitative estimate of drug-likeness (QED) is 0.181. The number of nitrogens with zero attached hydrogens (tertiary/aromatic N) is 3. The molecule has 0 unspecified atom stereocenters. The topological polar surface area (TPSA) is 219 Å². The van der Waals surface area contributed by atoms with E-state index < -0.39 is 51.6 Å². The number of carboxylic acids is 2. The molecule has 1 atom stereocenters. The van der Waals surface area contributed by atoms with Gasteiger partial charge in [0.05, 0.1) is 11.3 Å². The van der Waals surface area contributed by atoms with E-state index in [-0.39, 0.29) is 23.5 Å². The standard InChI is InChI=1S/C19H19N5O8S/c20-24-21-10-13(7-17(26)27)23-18(28)12-3-1-11(2-4-12)9-22-33(31,32)14-5-6-15(19(29)30)16(25)8-14/h1-6,8,13,22,25H,7,9-10H2,(H,23,28)(H,26,27)(H,29,30)/t13-/m0/s1. The summed E-state index contributed by atoms with van der Waals surface area (Å²) in [5, 5.41) is 33.2. The van der Waals surface area contributed by atoms with E-state index in [1.807, 2.05) is 0 Å². The molecular weight excluding hydrogens is 458 g/mol. The highest BCUT2D eigenvalue weighted by Gasteiger charge is 2.19. The minimum Gasteiger partial charge on any atom is -0.507 e. The average molecular weight is 477 g/mol. The molecule has 2 aromatic rings. The van der Waals surface area contributed by atoms with Gasteiger partial charge in [-0.1, -0.05) is 17.2 Å². The summed E-state index contributed by atoms with van der Waals surface area (Å²) in [6.07, 6.45) is -0.437. The Balaban J connectivity index is 2.04. The van der Waals surface area contributed by atoms with Crippen molar-refractivity contribution in [3.8, 4) is 5.75 Å². The molecule has 0 heterocycles. The van der Waals surface area contributed by atoms with Crippen LogP contribution in [0.4, 0.5) is 0 Å². The van der Waals surface area contributed by atoms with Crippen LogP contribution in [-0.4, -0.2) is 54.2 Å². The van der Waals surface area contributed by atoms with E-state index >= 15 is 0 Å². The first-order valence-electron chi connectivity index (χ1n) is 9.22. The fraction of sp³-hybridized carbons (Fsp3) is 0.211. The van der Waals surface area contributed by atoms with Crippen molar-refractivity contribution >= 4 is 27.9 Å². The lowest BCUT2D eigenvalue weighted by Crippen LogP contribution is -2.38. The van der Waals surface area contributed by atoms with Gasteiger partial charge in [-0.25, -0.2) is 17.9 Å². The van der Waals surface area contributed by atoms with Crippen molar-refractivity contribution in [1.29, 1.82) is 0 Å². The van der Waals surface area contributed by atoms with Gasteiger partial charge in [0.2, 0.25) is 10.0 Å². The van der Waals surface area contributed by atoms with Gasteiger partial charge < -0.3 is 20.6 Å². The molecule has 0 spiro atoms. The Kier molecular flexibility index (Phi) is 8.34. The molecule has 5 N–H and O–H groups in total. The van der Waals surface area contributed by atoms with E-state index in [9.17, 15) is 27.9 Å². The fourth-order valence-corrected chi connectivity index (χ4v) is 3.71. The van der Waals surface area contributed by atoms with Crippen molar-refractivity contribution in [2.24, 2.45) is 5.11 Å². The van der Waals surface area contributed by atoms with Gasteiger partial charge in [-0.2, -0.15) is 0 Å². The molecule has 0 radical (unpaired) electrons. The number of aliphatic carboxylic acids is 1. The van der Waals surface area contributed by atoms with Crippen molar-refractivity contribution < 1.29 is 38.1 Å². The molecule has 2 aromatic carbocycles. The van der Waals surface area contributed by atoms with E-state index in [1.165, 1.54) is 24.3 Å². The number of aromatic hydroxyl groups is 1. The Labute approximate surface area is 187 Å². The largest absolute Gasteiger partial charge is 0.507 e. The number of phenols is 1. The normalized spacial score (nSPS) is 11.8. The second-order valence-corrected chi connectivity index (χ2v) is 8.45. The predicted octanol–water partition coefficient (Wildman–Crippen LogP) is 1.45. The zero-order chi connectivity index (χ0) is 24.6. The molecule has 1 amide bonds. The van der Waals surface area contributed by atoms with Gasteiger partial charge in [-0.05, 0) is 35.4 Å². The van der Waals surface area contributed by atoms with Crippen LogP contribution in [0.5, 0.6) is 5.75 Å². The number of amides is 1. The van der Waals surface area contributed by atoms with Gasteiger partial charge in [-0.15, -0.1) is 0 Å². The van der Waals surface area contributed by atoms with E-state index in [0.717, 1.165) is 18.2 Å². The van der Waals surface area contributed by atoms with Crippen LogP contribution < -0.4 is 10.0 Å². The van der Waals surface area contributed by atoms with Gasteiger partial charge in [-0.3, -0.25) is 9.59 Å². The van der Waals surface area contributed by atoms with Gasteiger partial charge in [0.1, 0.15) is 11.3 Å². The van der Waals surface area contributed by atoms with Gasteiger partial charge in [0, 0.05) is 35.7 Å². The van der Waals surface area contributed by atoms with Crippen molar-refractivity contribution in [2.45, 2.75) is 23.9 Å². The minimum atomic E-state index is -4.06. The summed E-state index contributed by atoms with van der Waals surface area (Å²) in [7, 11) is -4.06. The summed E-state index contributed by atoms with van der Waals surface area (Å²) in [5.74, 6) is -3.87. The van der Waals surface area contributed by atoms with Crippen LogP contribution in [0.2, 0.25) is 0 Å². The summed E-state index contributed by atoms with van der Waals surface area (Å²) in [6.45, 7) is -0.401. The number of hydrogen-bond acceptors (Lipinski definition) is 7. The molecule has 0 saturated carbocycles. The summed E-state index contributed by atoms with van der Waals surface area (Å²) < 4.78 is 27.1. The Morgan fingerprint density at radius 1 is 1.09 bits per heavy atom. The van der Waals surface area contributed by atoms with Crippen molar-refractivity contribution in [3.05, 3.63) is 69.6 Å². The second kappa shape index (κ2) is 10.9. The molecule has 0 aromatic heterocycles. The van der Waals surface area contributed by atoms with Crippen LogP contribution in [0.1, 0.15) is 32.7 Å². The van der Waals surface area contributed by atoms with Crippen LogP contribution in [0.3, 0.4) is 0 Å². The molecule has 33 heavy (non-hydrogen) atoms. The van der Waals surface area contributed by atoms with Crippen molar-refractivity contribution in [3.63, 3.8) is 0 Å². The molecule has 0 saturated heterocycles. The Hall–Kier alpha value is -4.13. The highest BCUT2D eigenvalue weighted by atomic mass is 32.2. The lowest BCUT2D eigenvalue weighted by Gasteiger charge is -2.14. The number of aromatic carboxylic acids is 1. The number of carboxylic acid groups (broad SMARTS) is 2. The molecular formula is C19H19N5O8S. The maximum atomic E-state index is 12.4. The second-order valence-electron chi connectivity index (χ2n) is 6.69. The highest BCUT2D eigenvalue weighted by molar-refractivity contribution is 7.89. The zero-order valence-corrected chi connectivity index (χ0v) is 17.7. The van der Waals surface area contributed by atoms with E-state index in [1.54, 1.807) is 0 Å². The predicted molar refractivity (Wildman–Crippen MR) is 113 cm³/mol. The molecule has 0 aliphatic heterocycles. The number of hydrogen-bond donors (Lipinski definition) is 5. The average Bonchev–Trinajstić information content (AvgIpc) is 2.75. The number of carbonyl (C=O) groups excluding carboxylic acids is 1. The van der Waals surface area contributed by atoms with Gasteiger partial charge in [0.15, 0.2) is 0 Å². The number of sulfonamides is 1. The number of azide groups is 1. The Morgan fingerprint density at radius 2 is 1.76 bits per heavy atom. The van der Waals surface area contributed by atoms with E-state index in [4.69, 9.17) is 15.7 Å². The highest BCUT2D eigenvalue weighted by Crippen LogP contribution is 2.22. The van der Waals surface area contributed by atoms with Crippen LogP contribution in [0.15, 0.2) is 52.5 Å². The molecule has 14 heteroatoms. The maximum Gasteiger partial charge on any atom is 0.339 e. The van der Waals surface area contributed by atoms with Gasteiger partial charge >= 0.3 is 11.9 Å². The third-order valence-electron chi connectivity index (χ3n) is 4.31. The monoisotopic (exact) mass is 477 g/mol. The van der Waals surface area contributed by atoms with E-state index in [2.05, 4.69) is 20.1 Å². The number of carbonyl (C=O) groups is 3. The first kappa shape index (κ1) is 25.1. The zero-order valence-electron chi connectivity index (χ0n) is 16.9. The SMILES string of the molecule is [N-]=[N+]=NC[C@H](CC(=O)O)NC(=O)c1ccc(CNS(=O)(=O)c2ccc(C(=O)O)c(O)c2)cc1. The summed E-state index contributed by atoms with van der Waals surface area (Å²) in [4.78, 5) is 36.3. The molecule has 0 aliphatic rings. The lowest BCUT2D eigenvalue weighted by molar-refractivity contribution is -0.137. The smallest absolute Gasteiger partial charge is 0.339 e. The number of nitrogens with one attached hydrogen (secondary N) is 2. The number of rotatable bonds is 11. The van der Waals surface area contributed by atoms with Crippen molar-refractivity contribution in [2.75, 3.05) is 6.54 Å². The van der Waals surface area contributed by atoms with Crippen LogP contribution in [0.25, 0.3) is 10.4 Å². The first-order chi connectivity index (χ1) is 15.5. The fourth-order valence-electron chi connectivity index (χ4n) is 2.67. The minimum absolute atomic E-state index is 0.163. The summed E-state index contributed by atoms with van der Waals surface area (Å²) >= 11 is 0. The molecule has 2 rings (SSSR count). The van der Waals surface area contributed by atoms with Crippen LogP contribution in [0, 0.1) is 0 Å². The molecule has 0 fully saturated rings. The third kappa shape index (κ3) is 7.21. The maximum absolute atomic E-state index is 12.4. The van der Waals surface area contributed by atoms with Crippen LogP contribution in [-0.2, 0) is 21.4 Å². The summed E-state index contributed by atoms with van der Waals surface area (Å²) in [5.41, 5.74) is 8.59. The lowest BCUT2D eigenvalue weighted by atomic mass is 10.1. The Morgan fingerprint density at radius 3 is 2.30 bits per heavy atom.